The van der Waals surface area contributed by atoms with E-state index in [-0.39, 0.29) is 5.56 Å². The van der Waals surface area contributed by atoms with Crippen LogP contribution in [0.15, 0.2) is 42.5 Å². The van der Waals surface area contributed by atoms with E-state index >= 15 is 0 Å². The molecule has 0 bridgehead atoms. The zero-order valence-electron chi connectivity index (χ0n) is 16.1. The standard InChI is InChI=1S/C21H22ClFN2O4/c1-3-11-29-20-16(22)12-14(13-18(20)28-4-2)9-10-19(26)24-25-21(27)15-7-5-6-8-17(15)23/h5-10,12-13H,3-4,11H2,1-2H3,(H,24,26)(H,25,27)/b10-9+. The van der Waals surface area contributed by atoms with Gasteiger partial charge in [0, 0.05) is 6.08 Å². The summed E-state index contributed by atoms with van der Waals surface area (Å²) < 4.78 is 24.8. The van der Waals surface area contributed by atoms with Gasteiger partial charge in [0.2, 0.25) is 0 Å². The van der Waals surface area contributed by atoms with E-state index in [1.807, 2.05) is 13.8 Å². The molecule has 6 nitrogen and oxygen atoms in total. The van der Waals surface area contributed by atoms with Crippen molar-refractivity contribution in [2.75, 3.05) is 13.2 Å². The Kier molecular flexibility index (Phi) is 8.48. The fourth-order valence-corrected chi connectivity index (χ4v) is 2.61. The molecule has 0 radical (unpaired) electrons. The van der Waals surface area contributed by atoms with Crippen molar-refractivity contribution < 1.29 is 23.5 Å². The molecule has 154 valence electrons. The summed E-state index contributed by atoms with van der Waals surface area (Å²) in [5, 5.41) is 0.359. The monoisotopic (exact) mass is 420 g/mol. The topological polar surface area (TPSA) is 76.7 Å². The molecule has 0 heterocycles. The molecule has 2 aromatic carbocycles. The van der Waals surface area contributed by atoms with Crippen LogP contribution in [0, 0.1) is 5.82 Å². The molecule has 29 heavy (non-hydrogen) atoms. The van der Waals surface area contributed by atoms with Gasteiger partial charge in [0.05, 0.1) is 23.8 Å². The SMILES string of the molecule is CCCOc1c(Cl)cc(/C=C/C(=O)NNC(=O)c2ccccc2F)cc1OCC. The average Bonchev–Trinajstić information content (AvgIpc) is 2.70. The molecule has 2 aromatic rings. The molecule has 2 rings (SSSR count). The maximum absolute atomic E-state index is 13.6. The second-order valence-corrected chi connectivity index (χ2v) is 6.28. The summed E-state index contributed by atoms with van der Waals surface area (Å²) in [7, 11) is 0. The van der Waals surface area contributed by atoms with Gasteiger partial charge in [0.1, 0.15) is 5.82 Å². The van der Waals surface area contributed by atoms with Crippen LogP contribution in [0.5, 0.6) is 11.5 Å². The lowest BCUT2D eigenvalue weighted by atomic mass is 10.2. The van der Waals surface area contributed by atoms with Crippen LogP contribution >= 0.6 is 11.6 Å². The van der Waals surface area contributed by atoms with Crippen LogP contribution in [-0.2, 0) is 4.79 Å². The Morgan fingerprint density at radius 2 is 1.90 bits per heavy atom. The molecular formula is C21H22ClFN2O4. The van der Waals surface area contributed by atoms with Crippen LogP contribution in [0.3, 0.4) is 0 Å². The Bertz CT molecular complexity index is 902. The summed E-state index contributed by atoms with van der Waals surface area (Å²) >= 11 is 6.27. The Hall–Kier alpha value is -3.06. The highest BCUT2D eigenvalue weighted by molar-refractivity contribution is 6.32. The minimum absolute atomic E-state index is 0.174. The molecule has 0 saturated heterocycles. The van der Waals surface area contributed by atoms with Crippen molar-refractivity contribution in [3.63, 3.8) is 0 Å². The first kappa shape index (κ1) is 22.2. The van der Waals surface area contributed by atoms with Gasteiger partial charge < -0.3 is 9.47 Å². The zero-order chi connectivity index (χ0) is 21.2. The van der Waals surface area contributed by atoms with Crippen molar-refractivity contribution in [1.82, 2.24) is 10.9 Å². The number of halogens is 2. The Morgan fingerprint density at radius 1 is 1.14 bits per heavy atom. The number of nitrogens with one attached hydrogen (secondary N) is 2. The third kappa shape index (κ3) is 6.50. The van der Waals surface area contributed by atoms with Crippen LogP contribution in [0.1, 0.15) is 36.2 Å². The number of hydrogen-bond donors (Lipinski definition) is 2. The lowest BCUT2D eigenvalue weighted by Crippen LogP contribution is -2.41. The second-order valence-electron chi connectivity index (χ2n) is 5.87. The van der Waals surface area contributed by atoms with Crippen LogP contribution in [-0.4, -0.2) is 25.0 Å². The van der Waals surface area contributed by atoms with Gasteiger partial charge in [-0.2, -0.15) is 0 Å². The van der Waals surface area contributed by atoms with E-state index in [1.54, 1.807) is 12.1 Å². The predicted octanol–water partition coefficient (Wildman–Crippen LogP) is 4.14. The van der Waals surface area contributed by atoms with Crippen LogP contribution in [0.25, 0.3) is 6.08 Å². The summed E-state index contributed by atoms with van der Waals surface area (Å²) in [6.07, 6.45) is 3.53. The summed E-state index contributed by atoms with van der Waals surface area (Å²) in [5.41, 5.74) is 4.78. The maximum Gasteiger partial charge on any atom is 0.272 e. The second kappa shape index (κ2) is 11.1. The number of carbonyl (C=O) groups is 2. The van der Waals surface area contributed by atoms with Gasteiger partial charge in [-0.25, -0.2) is 4.39 Å². The van der Waals surface area contributed by atoms with Crippen LogP contribution < -0.4 is 20.3 Å². The van der Waals surface area contributed by atoms with E-state index < -0.39 is 17.6 Å². The number of hydrogen-bond acceptors (Lipinski definition) is 4. The number of carbonyl (C=O) groups excluding carboxylic acids is 2. The van der Waals surface area contributed by atoms with Gasteiger partial charge in [-0.05, 0) is 49.2 Å². The molecule has 0 fully saturated rings. The summed E-state index contributed by atoms with van der Waals surface area (Å²) in [6, 6.07) is 8.79. The Labute approximate surface area is 173 Å². The third-order valence-corrected chi connectivity index (χ3v) is 3.91. The van der Waals surface area contributed by atoms with Crippen molar-refractivity contribution >= 4 is 29.5 Å². The highest BCUT2D eigenvalue weighted by atomic mass is 35.5. The predicted molar refractivity (Wildman–Crippen MR) is 109 cm³/mol. The maximum atomic E-state index is 13.6. The largest absolute Gasteiger partial charge is 0.490 e. The molecular weight excluding hydrogens is 399 g/mol. The van der Waals surface area contributed by atoms with Gasteiger partial charge >= 0.3 is 0 Å². The highest BCUT2D eigenvalue weighted by Crippen LogP contribution is 2.37. The zero-order valence-corrected chi connectivity index (χ0v) is 16.9. The molecule has 0 saturated carbocycles. The lowest BCUT2D eigenvalue weighted by Gasteiger charge is -2.14. The smallest absolute Gasteiger partial charge is 0.272 e. The summed E-state index contributed by atoms with van der Waals surface area (Å²) in [5.74, 6) is -1.12. The van der Waals surface area contributed by atoms with Crippen molar-refractivity contribution in [2.24, 2.45) is 0 Å². The van der Waals surface area contributed by atoms with Gasteiger partial charge in [0.15, 0.2) is 11.5 Å². The van der Waals surface area contributed by atoms with E-state index in [4.69, 9.17) is 21.1 Å². The van der Waals surface area contributed by atoms with E-state index in [0.29, 0.717) is 35.3 Å². The number of rotatable bonds is 8. The van der Waals surface area contributed by atoms with Crippen molar-refractivity contribution in [3.05, 3.63) is 64.4 Å². The number of benzene rings is 2. The highest BCUT2D eigenvalue weighted by Gasteiger charge is 2.13. The molecule has 0 aliphatic heterocycles. The molecule has 0 spiro atoms. The number of hydrazine groups is 1. The molecule has 2 amide bonds. The molecule has 0 unspecified atom stereocenters. The van der Waals surface area contributed by atoms with Gasteiger partial charge in [0.25, 0.3) is 11.8 Å². The third-order valence-electron chi connectivity index (χ3n) is 3.63. The van der Waals surface area contributed by atoms with Crippen molar-refractivity contribution in [2.45, 2.75) is 20.3 Å². The summed E-state index contributed by atoms with van der Waals surface area (Å²) in [4.78, 5) is 23.8. The Balaban J connectivity index is 2.03. The molecule has 0 aliphatic rings. The van der Waals surface area contributed by atoms with E-state index in [9.17, 15) is 14.0 Å². The van der Waals surface area contributed by atoms with Gasteiger partial charge in [-0.15, -0.1) is 0 Å². The fraction of sp³-hybridized carbons (Fsp3) is 0.238. The molecule has 0 aromatic heterocycles. The number of ether oxygens (including phenoxy) is 2. The van der Waals surface area contributed by atoms with Gasteiger partial charge in [-0.3, -0.25) is 20.4 Å². The van der Waals surface area contributed by atoms with Crippen LogP contribution in [0.2, 0.25) is 5.02 Å². The van der Waals surface area contributed by atoms with E-state index in [1.165, 1.54) is 30.4 Å². The number of amides is 2. The first-order chi connectivity index (χ1) is 14.0. The van der Waals surface area contributed by atoms with E-state index in [2.05, 4.69) is 10.9 Å². The molecule has 0 atom stereocenters. The summed E-state index contributed by atoms with van der Waals surface area (Å²) in [6.45, 7) is 4.74. The average molecular weight is 421 g/mol. The quantitative estimate of drug-likeness (QED) is 0.497. The fourth-order valence-electron chi connectivity index (χ4n) is 2.34. The molecule has 8 heteroatoms. The van der Waals surface area contributed by atoms with Crippen molar-refractivity contribution in [3.8, 4) is 11.5 Å². The minimum atomic E-state index is -0.760. The van der Waals surface area contributed by atoms with Crippen LogP contribution in [0.4, 0.5) is 4.39 Å². The first-order valence-corrected chi connectivity index (χ1v) is 9.46. The first-order valence-electron chi connectivity index (χ1n) is 9.08. The van der Waals surface area contributed by atoms with E-state index in [0.717, 1.165) is 12.5 Å². The lowest BCUT2D eigenvalue weighted by molar-refractivity contribution is -0.117. The Morgan fingerprint density at radius 3 is 2.59 bits per heavy atom. The molecule has 0 aliphatic carbocycles. The molecule has 2 N–H and O–H groups in total. The van der Waals surface area contributed by atoms with Gasteiger partial charge in [-0.1, -0.05) is 30.7 Å². The normalized spacial score (nSPS) is 10.6. The van der Waals surface area contributed by atoms with Crippen molar-refractivity contribution in [1.29, 1.82) is 0 Å². The minimum Gasteiger partial charge on any atom is -0.490 e.